The van der Waals surface area contributed by atoms with Crippen molar-refractivity contribution in [1.29, 1.82) is 0 Å². The number of pyridine rings is 1. The third kappa shape index (κ3) is 9.72. The van der Waals surface area contributed by atoms with E-state index in [-0.39, 0.29) is 31.2 Å². The number of nitrogens with zero attached hydrogens (tertiary/aromatic N) is 3. The summed E-state index contributed by atoms with van der Waals surface area (Å²) in [7, 11) is -2.32. The Labute approximate surface area is 346 Å². The first-order chi connectivity index (χ1) is 28.0. The number of carbonyl (C=O) groups is 4. The van der Waals surface area contributed by atoms with E-state index in [9.17, 15) is 27.6 Å². The van der Waals surface area contributed by atoms with Gasteiger partial charge in [0.25, 0.3) is 5.91 Å². The number of hydrogen-bond acceptors (Lipinski definition) is 12. The third-order valence-corrected chi connectivity index (χ3v) is 13.7. The number of amides is 4. The molecule has 2 saturated heterocycles. The zero-order valence-corrected chi connectivity index (χ0v) is 35.6. The summed E-state index contributed by atoms with van der Waals surface area (Å²) in [6.07, 6.45) is 5.53. The van der Waals surface area contributed by atoms with Gasteiger partial charge in [0, 0.05) is 30.8 Å². The predicted molar refractivity (Wildman–Crippen MR) is 219 cm³/mol. The van der Waals surface area contributed by atoms with Gasteiger partial charge in [0.15, 0.2) is 0 Å². The van der Waals surface area contributed by atoms with Crippen molar-refractivity contribution < 1.29 is 46.5 Å². The number of morpholine rings is 1. The van der Waals surface area contributed by atoms with Crippen LogP contribution >= 0.6 is 0 Å². The zero-order chi connectivity index (χ0) is 42.3. The zero-order valence-electron chi connectivity index (χ0n) is 34.8. The highest BCUT2D eigenvalue weighted by atomic mass is 32.2. The molecule has 0 bridgehead atoms. The van der Waals surface area contributed by atoms with E-state index in [0.717, 1.165) is 11.8 Å². The first-order valence-corrected chi connectivity index (χ1v) is 22.3. The average molecular weight is 839 g/mol. The fraction of sp³-hybridized carbons (Fsp3) is 0.643. The van der Waals surface area contributed by atoms with E-state index < -0.39 is 74.3 Å². The summed E-state index contributed by atoms with van der Waals surface area (Å²) >= 11 is 0. The van der Waals surface area contributed by atoms with Crippen LogP contribution in [0.25, 0.3) is 10.8 Å². The number of fused-ring (bicyclic) bond motifs is 3. The Kier molecular flexibility index (Phi) is 12.1. The van der Waals surface area contributed by atoms with E-state index in [1.165, 1.54) is 4.90 Å². The highest BCUT2D eigenvalue weighted by Gasteiger charge is 2.62. The fourth-order valence-electron chi connectivity index (χ4n) is 8.45. The molecule has 3 N–H and O–H groups in total. The molecule has 0 spiro atoms. The van der Waals surface area contributed by atoms with Crippen LogP contribution in [-0.4, -0.2) is 117 Å². The van der Waals surface area contributed by atoms with Gasteiger partial charge in [-0.2, -0.15) is 4.98 Å². The van der Waals surface area contributed by atoms with Crippen molar-refractivity contribution >= 4 is 50.4 Å². The Hall–Kier alpha value is -4.64. The lowest BCUT2D eigenvalue weighted by molar-refractivity contribution is -0.142. The molecule has 4 amide bonds. The normalized spacial score (nSPS) is 29.3. The Bertz CT molecular complexity index is 2080. The van der Waals surface area contributed by atoms with Gasteiger partial charge in [0.2, 0.25) is 27.7 Å². The molecule has 2 saturated carbocycles. The average Bonchev–Trinajstić information content (AvgIpc) is 4.11. The van der Waals surface area contributed by atoms with Gasteiger partial charge in [0.1, 0.15) is 40.9 Å². The number of carbonyl (C=O) groups excluding carboxylic acids is 4. The quantitative estimate of drug-likeness (QED) is 0.326. The number of alkyl carbamates (subject to hydrolysis) is 1. The molecule has 322 valence electrons. The number of hydrogen-bond donors (Lipinski definition) is 3. The SMILES string of the molecule is COc1ccc2c(OC3CC4C(=O)NC5(C(=O)NS(=O)(=O)C6CC6)CC5C=CCCC(C)CC(C)C(NC(=O)OC(C)(C)C)C(=O)N4C3)nc(N3CCOCC3)cc2c1. The summed E-state index contributed by atoms with van der Waals surface area (Å²) in [6, 6.07) is 5.32. The van der Waals surface area contributed by atoms with Crippen LogP contribution in [0, 0.1) is 17.8 Å². The maximum Gasteiger partial charge on any atom is 0.408 e. The van der Waals surface area contributed by atoms with Crippen molar-refractivity contribution in [3.63, 3.8) is 0 Å². The second-order valence-electron chi connectivity index (χ2n) is 17.8. The predicted octanol–water partition coefficient (Wildman–Crippen LogP) is 3.82. The maximum absolute atomic E-state index is 14.9. The number of allylic oxidation sites excluding steroid dienone is 1. The minimum Gasteiger partial charge on any atom is -0.497 e. The van der Waals surface area contributed by atoms with Gasteiger partial charge in [-0.25, -0.2) is 13.2 Å². The van der Waals surface area contributed by atoms with Gasteiger partial charge < -0.3 is 39.4 Å². The molecule has 59 heavy (non-hydrogen) atoms. The molecule has 3 aliphatic heterocycles. The van der Waals surface area contributed by atoms with Crippen molar-refractivity contribution in [2.45, 2.75) is 114 Å². The maximum atomic E-state index is 14.9. The van der Waals surface area contributed by atoms with Crippen LogP contribution in [0.5, 0.6) is 11.6 Å². The smallest absolute Gasteiger partial charge is 0.408 e. The lowest BCUT2D eigenvalue weighted by Gasteiger charge is -2.33. The lowest BCUT2D eigenvalue weighted by atomic mass is 9.88. The Morgan fingerprint density at radius 1 is 1.05 bits per heavy atom. The second-order valence-corrected chi connectivity index (χ2v) is 19.8. The fourth-order valence-corrected chi connectivity index (χ4v) is 9.82. The molecule has 7 atom stereocenters. The number of anilines is 1. The molecule has 16 nitrogen and oxygen atoms in total. The second kappa shape index (κ2) is 16.8. The van der Waals surface area contributed by atoms with E-state index in [1.54, 1.807) is 27.9 Å². The molecule has 7 rings (SSSR count). The van der Waals surface area contributed by atoms with E-state index >= 15 is 0 Å². The number of benzene rings is 1. The number of methoxy groups -OCH3 is 1. The highest BCUT2D eigenvalue weighted by Crippen LogP contribution is 2.46. The van der Waals surface area contributed by atoms with E-state index in [2.05, 4.69) is 27.2 Å². The van der Waals surface area contributed by atoms with Crippen molar-refractivity contribution in [1.82, 2.24) is 25.2 Å². The summed E-state index contributed by atoms with van der Waals surface area (Å²) in [5.74, 6) is -0.936. The number of nitrogens with one attached hydrogen (secondary N) is 3. The standard InChI is InChI=1S/C42H58N6O10S/c1-25-9-7-8-10-28-23-42(28,39(51)46-59(53,54)31-12-13-31)45-36(49)33-22-30(24-48(33)38(50)35(26(2)19-25)44-40(52)58-41(3,4)5)57-37-32-14-11-29(55-6)20-27(32)21-34(43-37)47-15-17-56-18-16-47/h8,10-11,14,20-21,25-26,28,30-31,33,35H,7,9,12-13,15-19,22-24H2,1-6H3,(H,44,52)(H,45,49)(H,46,51). The molecule has 2 aliphatic carbocycles. The van der Waals surface area contributed by atoms with E-state index in [1.807, 2.05) is 43.3 Å². The van der Waals surface area contributed by atoms with Gasteiger partial charge in [-0.05, 0) is 101 Å². The lowest BCUT2D eigenvalue weighted by Crippen LogP contribution is -2.59. The highest BCUT2D eigenvalue weighted by molar-refractivity contribution is 7.91. The molecular weight excluding hydrogens is 781 g/mol. The monoisotopic (exact) mass is 838 g/mol. The van der Waals surface area contributed by atoms with Crippen LogP contribution in [0.4, 0.5) is 10.6 Å². The van der Waals surface area contributed by atoms with E-state index in [0.29, 0.717) is 74.8 Å². The Balaban J connectivity index is 1.24. The molecule has 1 aromatic carbocycles. The van der Waals surface area contributed by atoms with Crippen LogP contribution in [-0.2, 0) is 33.9 Å². The number of ether oxygens (including phenoxy) is 4. The van der Waals surface area contributed by atoms with Crippen LogP contribution in [0.1, 0.15) is 79.6 Å². The van der Waals surface area contributed by atoms with Gasteiger partial charge in [-0.3, -0.25) is 19.1 Å². The third-order valence-electron chi connectivity index (χ3n) is 11.9. The van der Waals surface area contributed by atoms with Gasteiger partial charge in [0.05, 0.1) is 32.1 Å². The largest absolute Gasteiger partial charge is 0.497 e. The number of sulfonamides is 1. The Morgan fingerprint density at radius 3 is 2.49 bits per heavy atom. The van der Waals surface area contributed by atoms with Crippen molar-refractivity contribution in [3.05, 3.63) is 36.4 Å². The summed E-state index contributed by atoms with van der Waals surface area (Å²) in [4.78, 5) is 65.3. The summed E-state index contributed by atoms with van der Waals surface area (Å²) in [6.45, 7) is 11.5. The topological polar surface area (TPSA) is 195 Å². The van der Waals surface area contributed by atoms with Crippen molar-refractivity contribution in [2.24, 2.45) is 17.8 Å². The van der Waals surface area contributed by atoms with Gasteiger partial charge in [-0.15, -0.1) is 0 Å². The molecule has 17 heteroatoms. The summed E-state index contributed by atoms with van der Waals surface area (Å²) in [5.41, 5.74) is -2.36. The minimum atomic E-state index is -3.92. The van der Waals surface area contributed by atoms with Crippen molar-refractivity contribution in [2.75, 3.05) is 44.9 Å². The van der Waals surface area contributed by atoms with Crippen molar-refractivity contribution in [3.8, 4) is 11.6 Å². The molecular formula is C42H58N6O10S. The molecule has 4 heterocycles. The number of aromatic nitrogens is 1. The molecule has 4 fully saturated rings. The molecule has 0 radical (unpaired) electrons. The molecule has 1 aromatic heterocycles. The molecule has 5 aliphatic rings. The minimum absolute atomic E-state index is 0.0290. The summed E-state index contributed by atoms with van der Waals surface area (Å²) in [5, 5.41) is 6.64. The van der Waals surface area contributed by atoms with Gasteiger partial charge in [-0.1, -0.05) is 26.0 Å². The van der Waals surface area contributed by atoms with E-state index in [4.69, 9.17) is 23.9 Å². The first kappa shape index (κ1) is 42.5. The van der Waals surface area contributed by atoms with Crippen LogP contribution in [0.3, 0.4) is 0 Å². The van der Waals surface area contributed by atoms with Crippen LogP contribution < -0.4 is 29.7 Å². The van der Waals surface area contributed by atoms with Crippen LogP contribution in [0.2, 0.25) is 0 Å². The Morgan fingerprint density at radius 2 is 1.80 bits per heavy atom. The van der Waals surface area contributed by atoms with Crippen LogP contribution in [0.15, 0.2) is 36.4 Å². The summed E-state index contributed by atoms with van der Waals surface area (Å²) < 4.78 is 51.6. The number of rotatable bonds is 8. The molecule has 7 unspecified atom stereocenters. The first-order valence-electron chi connectivity index (χ1n) is 20.8. The van der Waals surface area contributed by atoms with Gasteiger partial charge >= 0.3 is 6.09 Å². The molecule has 2 aromatic rings.